The minimum absolute atomic E-state index is 0.536. The van der Waals surface area contributed by atoms with E-state index in [0.717, 1.165) is 26.8 Å². The van der Waals surface area contributed by atoms with E-state index >= 15 is 0 Å². The zero-order chi connectivity index (χ0) is 14.2. The van der Waals surface area contributed by atoms with E-state index in [1.165, 1.54) is 10.6 Å². The molecule has 2 rings (SSSR count). The molecule has 0 aliphatic rings. The van der Waals surface area contributed by atoms with E-state index in [2.05, 4.69) is 120 Å². The average Bonchev–Trinajstić information content (AvgIpc) is 2.25. The number of hydrogen-bond acceptors (Lipinski definition) is 0. The Hall–Kier alpha value is 1.75. The SMILES string of the molecule is Brc1cc(Br)c(Pc2c(Br)cc(Br)cc2Br)c(Br)c1. The van der Waals surface area contributed by atoms with E-state index in [1.54, 1.807) is 0 Å². The van der Waals surface area contributed by atoms with E-state index in [0.29, 0.717) is 8.58 Å². The summed E-state index contributed by atoms with van der Waals surface area (Å²) in [5.41, 5.74) is 0. The first kappa shape index (κ1) is 17.1. The minimum Gasteiger partial charge on any atom is -0.0542 e. The molecule has 0 atom stereocenters. The highest BCUT2D eigenvalue weighted by atomic mass is 79.9. The van der Waals surface area contributed by atoms with Crippen LogP contribution in [0.4, 0.5) is 0 Å². The van der Waals surface area contributed by atoms with Gasteiger partial charge in [0.05, 0.1) is 0 Å². The Morgan fingerprint density at radius 1 is 0.526 bits per heavy atom. The monoisotopic (exact) mass is 654 g/mol. The fourth-order valence-electron chi connectivity index (χ4n) is 1.45. The van der Waals surface area contributed by atoms with Crippen molar-refractivity contribution in [2.24, 2.45) is 0 Å². The van der Waals surface area contributed by atoms with Crippen LogP contribution in [0.25, 0.3) is 0 Å². The lowest BCUT2D eigenvalue weighted by molar-refractivity contribution is 1.60. The van der Waals surface area contributed by atoms with Crippen LogP contribution in [0.1, 0.15) is 0 Å². The molecule has 19 heavy (non-hydrogen) atoms. The van der Waals surface area contributed by atoms with Crippen molar-refractivity contribution in [2.75, 3.05) is 0 Å². The van der Waals surface area contributed by atoms with Crippen LogP contribution < -0.4 is 10.6 Å². The Morgan fingerprint density at radius 2 is 0.789 bits per heavy atom. The van der Waals surface area contributed by atoms with Gasteiger partial charge in [0.15, 0.2) is 0 Å². The highest BCUT2D eigenvalue weighted by molar-refractivity contribution is 9.12. The van der Waals surface area contributed by atoms with Gasteiger partial charge in [-0.3, -0.25) is 0 Å². The molecular weight excluding hydrogens is 655 g/mol. The number of rotatable bonds is 2. The van der Waals surface area contributed by atoms with Gasteiger partial charge < -0.3 is 0 Å². The van der Waals surface area contributed by atoms with E-state index in [9.17, 15) is 0 Å². The summed E-state index contributed by atoms with van der Waals surface area (Å²) >= 11 is 21.5. The van der Waals surface area contributed by atoms with E-state index in [1.807, 2.05) is 0 Å². The molecule has 0 aliphatic carbocycles. The largest absolute Gasteiger partial charge is 0.0542 e. The lowest BCUT2D eigenvalue weighted by atomic mass is 10.4. The van der Waals surface area contributed by atoms with Crippen LogP contribution in [0.2, 0.25) is 0 Å². The Kier molecular flexibility index (Phi) is 6.61. The topological polar surface area (TPSA) is 0 Å². The quantitative estimate of drug-likeness (QED) is 0.308. The van der Waals surface area contributed by atoms with Crippen molar-refractivity contribution in [1.29, 1.82) is 0 Å². The zero-order valence-electron chi connectivity index (χ0n) is 9.08. The summed E-state index contributed by atoms with van der Waals surface area (Å²) in [6.07, 6.45) is 0. The molecule has 0 N–H and O–H groups in total. The molecule has 0 fully saturated rings. The third-order valence-electron chi connectivity index (χ3n) is 2.26. The summed E-state index contributed by atoms with van der Waals surface area (Å²) in [5, 5.41) is 2.49. The Morgan fingerprint density at radius 3 is 1.05 bits per heavy atom. The second-order valence-electron chi connectivity index (χ2n) is 3.61. The van der Waals surface area contributed by atoms with Crippen LogP contribution in [0.5, 0.6) is 0 Å². The zero-order valence-corrected chi connectivity index (χ0v) is 19.6. The molecule has 2 aromatic rings. The van der Waals surface area contributed by atoms with Crippen molar-refractivity contribution in [3.05, 3.63) is 51.1 Å². The first-order valence-electron chi connectivity index (χ1n) is 4.94. The highest BCUT2D eigenvalue weighted by Crippen LogP contribution is 2.33. The second kappa shape index (κ2) is 7.34. The van der Waals surface area contributed by atoms with Gasteiger partial charge in [-0.05, 0) is 24.3 Å². The Balaban J connectivity index is 2.48. The van der Waals surface area contributed by atoms with Crippen molar-refractivity contribution >= 4 is 115 Å². The Bertz CT molecular complexity index is 539. The molecule has 0 amide bonds. The molecule has 0 saturated heterocycles. The van der Waals surface area contributed by atoms with Gasteiger partial charge in [-0.15, -0.1) is 0 Å². The fourth-order valence-corrected chi connectivity index (χ4v) is 8.17. The van der Waals surface area contributed by atoms with E-state index < -0.39 is 0 Å². The smallest absolute Gasteiger partial charge is 0.0275 e. The predicted molar refractivity (Wildman–Crippen MR) is 107 cm³/mol. The second-order valence-corrected chi connectivity index (χ2v) is 10.1. The lowest BCUT2D eigenvalue weighted by Crippen LogP contribution is -2.09. The van der Waals surface area contributed by atoms with E-state index in [-0.39, 0.29) is 0 Å². The average molecular weight is 660 g/mol. The molecule has 0 spiro atoms. The molecule has 7 heteroatoms. The van der Waals surface area contributed by atoms with Crippen molar-refractivity contribution < 1.29 is 0 Å². The van der Waals surface area contributed by atoms with Gasteiger partial charge in [0.2, 0.25) is 0 Å². The summed E-state index contributed by atoms with van der Waals surface area (Å²) in [6.45, 7) is 0. The van der Waals surface area contributed by atoms with Crippen molar-refractivity contribution in [1.82, 2.24) is 0 Å². The summed E-state index contributed by atoms with van der Waals surface area (Å²) in [7, 11) is 0.536. The van der Waals surface area contributed by atoms with Crippen molar-refractivity contribution in [2.45, 2.75) is 0 Å². The summed E-state index contributed by atoms with van der Waals surface area (Å²) < 4.78 is 6.47. The third-order valence-corrected chi connectivity index (χ3v) is 8.72. The molecule has 0 unspecified atom stereocenters. The van der Waals surface area contributed by atoms with Crippen molar-refractivity contribution in [3.8, 4) is 0 Å². The van der Waals surface area contributed by atoms with Crippen LogP contribution in [0, 0.1) is 0 Å². The molecule has 0 bridgehead atoms. The lowest BCUT2D eigenvalue weighted by Gasteiger charge is -2.12. The Labute approximate surface area is 164 Å². The summed E-state index contributed by atoms with van der Waals surface area (Å²) in [5.74, 6) is 0. The number of halogens is 6. The molecule has 0 aromatic heterocycles. The van der Waals surface area contributed by atoms with Crippen LogP contribution in [0.15, 0.2) is 51.1 Å². The summed E-state index contributed by atoms with van der Waals surface area (Å²) in [6, 6.07) is 8.25. The van der Waals surface area contributed by atoms with Crippen LogP contribution >= 0.6 is 104 Å². The first-order valence-corrected chi connectivity index (χ1v) is 10.7. The molecular formula is C12H5Br6P. The van der Waals surface area contributed by atoms with Crippen LogP contribution in [-0.4, -0.2) is 0 Å². The van der Waals surface area contributed by atoms with Crippen LogP contribution in [0.3, 0.4) is 0 Å². The normalized spacial score (nSPS) is 10.8. The van der Waals surface area contributed by atoms with E-state index in [4.69, 9.17) is 0 Å². The minimum atomic E-state index is 0.536. The number of hydrogen-bond donors (Lipinski definition) is 0. The molecule has 2 aromatic carbocycles. The number of benzene rings is 2. The predicted octanol–water partition coefficient (Wildman–Crippen LogP) is 6.89. The van der Waals surface area contributed by atoms with Gasteiger partial charge in [0.1, 0.15) is 0 Å². The molecule has 0 heterocycles. The highest BCUT2D eigenvalue weighted by Gasteiger charge is 2.13. The molecule has 0 radical (unpaired) electrons. The van der Waals surface area contributed by atoms with Gasteiger partial charge in [-0.2, -0.15) is 0 Å². The van der Waals surface area contributed by atoms with Crippen molar-refractivity contribution in [3.63, 3.8) is 0 Å². The maximum Gasteiger partial charge on any atom is 0.0275 e. The first-order chi connectivity index (χ1) is 8.88. The molecule has 0 saturated carbocycles. The summed E-state index contributed by atoms with van der Waals surface area (Å²) in [4.78, 5) is 0. The molecule has 0 aliphatic heterocycles. The van der Waals surface area contributed by atoms with Crippen LogP contribution in [-0.2, 0) is 0 Å². The van der Waals surface area contributed by atoms with Gasteiger partial charge >= 0.3 is 0 Å². The fraction of sp³-hybridized carbons (Fsp3) is 0. The van der Waals surface area contributed by atoms with Gasteiger partial charge in [0.25, 0.3) is 0 Å². The van der Waals surface area contributed by atoms with Gasteiger partial charge in [-0.25, -0.2) is 0 Å². The maximum absolute atomic E-state index is 3.63. The maximum atomic E-state index is 3.63. The molecule has 0 nitrogen and oxygen atoms in total. The molecule has 100 valence electrons. The van der Waals surface area contributed by atoms with Gasteiger partial charge in [-0.1, -0.05) is 104 Å². The van der Waals surface area contributed by atoms with Gasteiger partial charge in [0, 0.05) is 37.4 Å². The standard InChI is InChI=1S/C12H5Br6P/c13-5-1-7(15)11(8(16)2-5)19-12-9(17)3-6(14)4-10(12)18/h1-4,19H. The third kappa shape index (κ3) is 4.37.